The molecule has 0 radical (unpaired) electrons. The van der Waals surface area contributed by atoms with Crippen LogP contribution in [0.25, 0.3) is 0 Å². The van der Waals surface area contributed by atoms with Crippen molar-refractivity contribution in [2.75, 3.05) is 19.6 Å². The van der Waals surface area contributed by atoms with Crippen LogP contribution in [0.5, 0.6) is 0 Å². The lowest BCUT2D eigenvalue weighted by Gasteiger charge is -2.33. The van der Waals surface area contributed by atoms with Crippen molar-refractivity contribution in [2.24, 2.45) is 0 Å². The summed E-state index contributed by atoms with van der Waals surface area (Å²) in [5.74, 6) is -1.02. The van der Waals surface area contributed by atoms with E-state index in [4.69, 9.17) is 0 Å². The molecule has 2 nitrogen and oxygen atoms in total. The Hall–Kier alpha value is -1.00. The van der Waals surface area contributed by atoms with Gasteiger partial charge in [-0.25, -0.2) is 8.78 Å². The van der Waals surface area contributed by atoms with Crippen LogP contribution in [0.2, 0.25) is 0 Å². The average molecular weight is 282 g/mol. The first-order chi connectivity index (χ1) is 9.58. The SMILES string of the molecule is CCCN1CCC(NC(C)c2cc(F)cc(F)c2)CC1. The minimum Gasteiger partial charge on any atom is -0.307 e. The molecule has 1 atom stereocenters. The first-order valence-corrected chi connectivity index (χ1v) is 7.53. The zero-order valence-electron chi connectivity index (χ0n) is 12.3. The molecule has 1 aromatic carbocycles. The standard InChI is InChI=1S/C16H24F2N2/c1-3-6-20-7-4-16(5-8-20)19-12(2)13-9-14(17)11-15(18)10-13/h9-12,16,19H,3-8H2,1-2H3. The van der Waals surface area contributed by atoms with Gasteiger partial charge < -0.3 is 10.2 Å². The van der Waals surface area contributed by atoms with Gasteiger partial charge in [0.2, 0.25) is 0 Å². The molecule has 0 bridgehead atoms. The third kappa shape index (κ3) is 4.25. The molecule has 1 saturated heterocycles. The van der Waals surface area contributed by atoms with Crippen molar-refractivity contribution in [3.8, 4) is 0 Å². The van der Waals surface area contributed by atoms with Crippen LogP contribution in [-0.4, -0.2) is 30.6 Å². The van der Waals surface area contributed by atoms with Gasteiger partial charge in [-0.1, -0.05) is 6.92 Å². The largest absolute Gasteiger partial charge is 0.307 e. The third-order valence-electron chi connectivity index (χ3n) is 4.00. The smallest absolute Gasteiger partial charge is 0.126 e. The Morgan fingerprint density at radius 1 is 1.20 bits per heavy atom. The van der Waals surface area contributed by atoms with Gasteiger partial charge in [-0.05, 0) is 63.5 Å². The van der Waals surface area contributed by atoms with Gasteiger partial charge in [-0.2, -0.15) is 0 Å². The first kappa shape index (κ1) is 15.4. The normalized spacial score (nSPS) is 19.2. The zero-order chi connectivity index (χ0) is 14.5. The molecule has 2 rings (SSSR count). The van der Waals surface area contributed by atoms with E-state index in [0.717, 1.165) is 38.5 Å². The molecule has 0 spiro atoms. The maximum absolute atomic E-state index is 13.2. The van der Waals surface area contributed by atoms with Gasteiger partial charge in [-0.3, -0.25) is 0 Å². The molecule has 1 fully saturated rings. The fraction of sp³-hybridized carbons (Fsp3) is 0.625. The van der Waals surface area contributed by atoms with E-state index in [-0.39, 0.29) is 6.04 Å². The predicted molar refractivity (Wildman–Crippen MR) is 77.7 cm³/mol. The minimum absolute atomic E-state index is 0.0251. The van der Waals surface area contributed by atoms with Crippen LogP contribution in [-0.2, 0) is 0 Å². The van der Waals surface area contributed by atoms with E-state index in [2.05, 4.69) is 17.1 Å². The van der Waals surface area contributed by atoms with Crippen LogP contribution >= 0.6 is 0 Å². The number of halogens is 2. The van der Waals surface area contributed by atoms with Crippen molar-refractivity contribution in [2.45, 2.75) is 45.2 Å². The monoisotopic (exact) mass is 282 g/mol. The highest BCUT2D eigenvalue weighted by Gasteiger charge is 2.20. The molecule has 112 valence electrons. The highest BCUT2D eigenvalue weighted by Crippen LogP contribution is 2.19. The topological polar surface area (TPSA) is 15.3 Å². The Morgan fingerprint density at radius 2 is 1.80 bits per heavy atom. The van der Waals surface area contributed by atoms with E-state index in [9.17, 15) is 8.78 Å². The number of rotatable bonds is 5. The van der Waals surface area contributed by atoms with Crippen LogP contribution in [0.15, 0.2) is 18.2 Å². The maximum atomic E-state index is 13.2. The van der Waals surface area contributed by atoms with Crippen LogP contribution in [0, 0.1) is 11.6 Å². The lowest BCUT2D eigenvalue weighted by Crippen LogP contribution is -2.43. The van der Waals surface area contributed by atoms with Crippen LogP contribution in [0.1, 0.15) is 44.7 Å². The van der Waals surface area contributed by atoms with E-state index in [1.807, 2.05) is 6.92 Å². The second-order valence-corrected chi connectivity index (χ2v) is 5.71. The molecule has 4 heteroatoms. The van der Waals surface area contributed by atoms with Gasteiger partial charge in [0.1, 0.15) is 11.6 Å². The second kappa shape index (κ2) is 7.14. The van der Waals surface area contributed by atoms with Crippen molar-refractivity contribution in [1.82, 2.24) is 10.2 Å². The Bertz CT molecular complexity index is 408. The van der Waals surface area contributed by atoms with Gasteiger partial charge in [0.05, 0.1) is 0 Å². The number of piperidine rings is 1. The Labute approximate surface area is 120 Å². The summed E-state index contributed by atoms with van der Waals surface area (Å²) in [6, 6.07) is 4.15. The van der Waals surface area contributed by atoms with Crippen LogP contribution in [0.4, 0.5) is 8.78 Å². The number of nitrogens with one attached hydrogen (secondary N) is 1. The molecule has 1 heterocycles. The zero-order valence-corrected chi connectivity index (χ0v) is 12.3. The van der Waals surface area contributed by atoms with Crippen molar-refractivity contribution in [3.63, 3.8) is 0 Å². The molecule has 1 N–H and O–H groups in total. The summed E-state index contributed by atoms with van der Waals surface area (Å²) in [5, 5.41) is 3.49. The predicted octanol–water partition coefficient (Wildman–Crippen LogP) is 3.49. The third-order valence-corrected chi connectivity index (χ3v) is 4.00. The molecule has 1 aliphatic rings. The number of benzene rings is 1. The van der Waals surface area contributed by atoms with E-state index in [0.29, 0.717) is 11.6 Å². The van der Waals surface area contributed by atoms with Crippen molar-refractivity contribution >= 4 is 0 Å². The summed E-state index contributed by atoms with van der Waals surface area (Å²) in [5.41, 5.74) is 0.679. The summed E-state index contributed by atoms with van der Waals surface area (Å²) in [7, 11) is 0. The molecule has 1 aromatic rings. The molecule has 0 aromatic heterocycles. The van der Waals surface area contributed by atoms with Gasteiger partial charge in [-0.15, -0.1) is 0 Å². The minimum atomic E-state index is -0.508. The second-order valence-electron chi connectivity index (χ2n) is 5.71. The van der Waals surface area contributed by atoms with E-state index in [1.165, 1.54) is 18.6 Å². The van der Waals surface area contributed by atoms with Gasteiger partial charge in [0.25, 0.3) is 0 Å². The molecule has 1 aliphatic heterocycles. The average Bonchev–Trinajstić information content (AvgIpc) is 2.40. The van der Waals surface area contributed by atoms with Crippen molar-refractivity contribution < 1.29 is 8.78 Å². The molecule has 0 aliphatic carbocycles. The molecule has 20 heavy (non-hydrogen) atoms. The lowest BCUT2D eigenvalue weighted by molar-refractivity contribution is 0.192. The number of nitrogens with zero attached hydrogens (tertiary/aromatic N) is 1. The van der Waals surface area contributed by atoms with Gasteiger partial charge in [0.15, 0.2) is 0 Å². The van der Waals surface area contributed by atoms with Gasteiger partial charge >= 0.3 is 0 Å². The summed E-state index contributed by atoms with van der Waals surface area (Å²) < 4.78 is 26.5. The number of hydrogen-bond acceptors (Lipinski definition) is 2. The lowest BCUT2D eigenvalue weighted by atomic mass is 10.0. The Morgan fingerprint density at radius 3 is 2.35 bits per heavy atom. The van der Waals surface area contributed by atoms with E-state index < -0.39 is 11.6 Å². The van der Waals surface area contributed by atoms with Gasteiger partial charge in [0, 0.05) is 18.2 Å². The van der Waals surface area contributed by atoms with E-state index in [1.54, 1.807) is 0 Å². The first-order valence-electron chi connectivity index (χ1n) is 7.53. The molecular formula is C16H24F2N2. The van der Waals surface area contributed by atoms with Crippen molar-refractivity contribution in [1.29, 1.82) is 0 Å². The Balaban J connectivity index is 1.87. The van der Waals surface area contributed by atoms with Crippen LogP contribution in [0.3, 0.4) is 0 Å². The quantitative estimate of drug-likeness (QED) is 0.889. The summed E-state index contributed by atoms with van der Waals surface area (Å²) in [6.45, 7) is 7.54. The van der Waals surface area contributed by atoms with Crippen LogP contribution < -0.4 is 5.32 Å². The highest BCUT2D eigenvalue weighted by molar-refractivity contribution is 5.21. The molecule has 0 amide bonds. The molecular weight excluding hydrogens is 258 g/mol. The highest BCUT2D eigenvalue weighted by atomic mass is 19.1. The molecule has 1 unspecified atom stereocenters. The fourth-order valence-electron chi connectivity index (χ4n) is 2.91. The summed E-state index contributed by atoms with van der Waals surface area (Å²) >= 11 is 0. The fourth-order valence-corrected chi connectivity index (χ4v) is 2.91. The summed E-state index contributed by atoms with van der Waals surface area (Å²) in [6.07, 6.45) is 3.39. The molecule has 0 saturated carbocycles. The maximum Gasteiger partial charge on any atom is 0.126 e. The van der Waals surface area contributed by atoms with Crippen molar-refractivity contribution in [3.05, 3.63) is 35.4 Å². The number of hydrogen-bond donors (Lipinski definition) is 1. The summed E-state index contributed by atoms with van der Waals surface area (Å²) in [4.78, 5) is 2.48. The van der Waals surface area contributed by atoms with E-state index >= 15 is 0 Å². The Kier molecular flexibility index (Phi) is 5.49. The number of likely N-dealkylation sites (tertiary alicyclic amines) is 1.